The van der Waals surface area contributed by atoms with Gasteiger partial charge in [-0.05, 0) is 116 Å². The number of carbonyl (C=O) groups is 1. The van der Waals surface area contributed by atoms with E-state index < -0.39 is 5.41 Å². The van der Waals surface area contributed by atoms with Gasteiger partial charge in [-0.3, -0.25) is 4.79 Å². The first kappa shape index (κ1) is 59.0. The molecule has 5 aliphatic rings. The van der Waals surface area contributed by atoms with E-state index in [1.54, 1.807) is 0 Å². The molecule has 2 atom stereocenters. The molecule has 0 spiro atoms. The van der Waals surface area contributed by atoms with E-state index in [1.165, 1.54) is 41.1 Å². The average molecular weight is 1230 g/mol. The van der Waals surface area contributed by atoms with Crippen LogP contribution in [0.5, 0.6) is 0 Å². The monoisotopic (exact) mass is 1220 g/mol. The molecule has 1 amide bonds. The Morgan fingerprint density at radius 2 is 0.882 bits per heavy atom. The van der Waals surface area contributed by atoms with Crippen molar-refractivity contribution in [2.75, 3.05) is 9.80 Å². The number of hydrogen-bond acceptors (Lipinski definition) is 2. The third-order valence-electron chi connectivity index (χ3n) is 14.0. The number of hydrogen-bond donors (Lipinski definition) is 0. The zero-order chi connectivity index (χ0) is 53.8. The van der Waals surface area contributed by atoms with Crippen molar-refractivity contribution in [1.82, 2.24) is 0 Å². The summed E-state index contributed by atoms with van der Waals surface area (Å²) >= 11 is 0. The Bertz CT molecular complexity index is 3130. The fraction of sp³-hybridized carbons (Fsp3) is 0.347. The number of amides is 1. The zero-order valence-electron chi connectivity index (χ0n) is 47.4. The van der Waals surface area contributed by atoms with Gasteiger partial charge in [-0.25, -0.2) is 0 Å². The molecule has 0 bridgehead atoms. The average Bonchev–Trinajstić information content (AvgIpc) is 4.08. The van der Waals surface area contributed by atoms with Crippen LogP contribution in [-0.4, -0.2) is 11.4 Å². The molecule has 386 valence electrons. The molecule has 2 heterocycles. The molecule has 2 unspecified atom stereocenters. The summed E-state index contributed by atoms with van der Waals surface area (Å²) in [4.78, 5) is 17.2. The molecule has 1 fully saturated rings. The number of benzene rings is 6. The molecule has 1 saturated carbocycles. The van der Waals surface area contributed by atoms with Gasteiger partial charge in [0.1, 0.15) is 0 Å². The van der Waals surface area contributed by atoms with E-state index in [4.69, 9.17) is 0 Å². The predicted molar refractivity (Wildman–Crippen MR) is 317 cm³/mol. The maximum atomic E-state index is 12.9. The molecule has 6 aromatic carbocycles. The Morgan fingerprint density at radius 3 is 1.38 bits per heavy atom. The fourth-order valence-corrected chi connectivity index (χ4v) is 10.3. The summed E-state index contributed by atoms with van der Waals surface area (Å²) < 4.78 is 0. The Kier molecular flexibility index (Phi) is 20.7. The second-order valence-corrected chi connectivity index (χ2v) is 23.8. The van der Waals surface area contributed by atoms with Gasteiger partial charge in [0.15, 0.2) is 0 Å². The standard InChI is InChI=1S/C20H19NO.C19H19N.C16H11.C13H20.C4H9.U/c1-20(2,3)19(22)21-14-17-10-5-4-8-15(17)12-13-16-9-6-7-11-18(16)21;1-19(2,3)20-14-17-10-5-4-8-15(17)12-13-16-9-6-7-11-18(16)20;1-2-6-14-11-12-16-8-4-3-7-15(16)10-9-13(14)5-1;1-13(2,3)12-10-8-6-4-5-7-9-11(10)12;1-4(2)3;/h4-11H,14H2,1-3H3;4-11H,14H2,1-3H3;1-9H,10H2;10-12H,6-9H2,1-3H3;1-3H3;/q;;-1;;-1;+2. The second-order valence-electron chi connectivity index (χ2n) is 23.8. The number of nitrogens with zero attached hydrogens (tertiary/aromatic N) is 2. The summed E-state index contributed by atoms with van der Waals surface area (Å²) in [6.45, 7) is 27.5. The van der Waals surface area contributed by atoms with Gasteiger partial charge in [0.05, 0.1) is 17.9 Å². The van der Waals surface area contributed by atoms with Crippen molar-refractivity contribution >= 4 is 17.3 Å². The predicted octanol–water partition coefficient (Wildman–Crippen LogP) is 16.5. The molecule has 4 heteroatoms. The third-order valence-corrected chi connectivity index (χ3v) is 14.0. The smallest absolute Gasteiger partial charge is 0.361 e. The Morgan fingerprint density at radius 1 is 0.500 bits per heavy atom. The number of carbonyl (C=O) groups excluding carboxylic acids is 1. The van der Waals surface area contributed by atoms with Crippen LogP contribution in [0.3, 0.4) is 0 Å². The van der Waals surface area contributed by atoms with Gasteiger partial charge in [0, 0.05) is 58.2 Å². The minimum atomic E-state index is -0.436. The first-order chi connectivity index (χ1) is 35.8. The molecule has 3 nitrogen and oxygen atoms in total. The van der Waals surface area contributed by atoms with Crippen LogP contribution >= 0.6 is 0 Å². The summed E-state index contributed by atoms with van der Waals surface area (Å²) in [7, 11) is 0. The van der Waals surface area contributed by atoms with Gasteiger partial charge >= 0.3 is 31.1 Å². The number of para-hydroxylation sites is 2. The van der Waals surface area contributed by atoms with E-state index in [1.807, 2.05) is 86.3 Å². The zero-order valence-corrected chi connectivity index (χ0v) is 51.6. The van der Waals surface area contributed by atoms with Crippen LogP contribution in [0.25, 0.3) is 0 Å². The summed E-state index contributed by atoms with van der Waals surface area (Å²) in [6, 6.07) is 49.4. The first-order valence-corrected chi connectivity index (χ1v) is 27.0. The van der Waals surface area contributed by atoms with Crippen LogP contribution in [0.1, 0.15) is 164 Å². The Balaban J connectivity index is 0.000000162. The minimum Gasteiger partial charge on any atom is -0.361 e. The van der Waals surface area contributed by atoms with Gasteiger partial charge in [-0.1, -0.05) is 168 Å². The van der Waals surface area contributed by atoms with E-state index in [2.05, 4.69) is 206 Å². The van der Waals surface area contributed by atoms with Gasteiger partial charge in [-0.2, -0.15) is 38.8 Å². The molecule has 0 radical (unpaired) electrons. The van der Waals surface area contributed by atoms with Crippen molar-refractivity contribution < 1.29 is 35.9 Å². The van der Waals surface area contributed by atoms with Crippen LogP contribution in [-0.2, 0) is 24.3 Å². The third kappa shape index (κ3) is 16.1. The van der Waals surface area contributed by atoms with Gasteiger partial charge in [0.2, 0.25) is 5.91 Å². The molecular formula is C72H78N2OU. The normalized spacial score (nSPS) is 16.8. The summed E-state index contributed by atoms with van der Waals surface area (Å²) in [5, 5.41) is 0. The summed E-state index contributed by atoms with van der Waals surface area (Å²) in [5.74, 6) is 30.6. The van der Waals surface area contributed by atoms with Crippen molar-refractivity contribution in [2.24, 2.45) is 28.6 Å². The molecule has 2 aliphatic heterocycles. The second kappa shape index (κ2) is 26.7. The van der Waals surface area contributed by atoms with Gasteiger partial charge in [0.25, 0.3) is 0 Å². The van der Waals surface area contributed by atoms with Crippen molar-refractivity contribution in [3.63, 3.8) is 0 Å². The van der Waals surface area contributed by atoms with E-state index in [0.717, 1.165) is 88.2 Å². The Labute approximate surface area is 482 Å². The number of anilines is 2. The van der Waals surface area contributed by atoms with Crippen LogP contribution in [0.4, 0.5) is 11.4 Å². The van der Waals surface area contributed by atoms with Crippen molar-refractivity contribution in [2.45, 2.75) is 134 Å². The largest absolute Gasteiger partial charge is 2.00 e. The van der Waals surface area contributed by atoms with Crippen molar-refractivity contribution in [3.8, 4) is 47.4 Å². The summed E-state index contributed by atoms with van der Waals surface area (Å²) in [5.41, 5.74) is 13.6. The molecule has 3 aliphatic carbocycles. The van der Waals surface area contributed by atoms with E-state index in [0.29, 0.717) is 12.0 Å². The molecule has 0 saturated heterocycles. The maximum Gasteiger partial charge on any atom is 2.00 e. The topological polar surface area (TPSA) is 23.6 Å². The van der Waals surface area contributed by atoms with E-state index in [-0.39, 0.29) is 42.6 Å². The van der Waals surface area contributed by atoms with Gasteiger partial charge < -0.3 is 15.7 Å². The van der Waals surface area contributed by atoms with Crippen LogP contribution in [0.2, 0.25) is 0 Å². The SMILES string of the molecule is C1#Cc2ccccc2C[CH-]c2ccccc21.CC(C)(C)C(=O)N1Cc2ccccc2C#Cc2ccccc21.CC(C)(C)C1C2CCC#CCCC21.CC(C)(C)N1Cc2ccccc2C#Cc2ccccc21.C[C-](C)C.[U+2]. The molecule has 6 aromatic rings. The van der Waals surface area contributed by atoms with Gasteiger partial charge in [-0.15, -0.1) is 29.9 Å². The molecule has 0 aromatic heterocycles. The quantitative estimate of drug-likeness (QED) is 0.112. The number of rotatable bonds is 0. The molecule has 76 heavy (non-hydrogen) atoms. The van der Waals surface area contributed by atoms with Crippen molar-refractivity contribution in [3.05, 3.63) is 214 Å². The van der Waals surface area contributed by atoms with E-state index in [9.17, 15) is 4.79 Å². The molecular weight excluding hydrogens is 1150 g/mol. The molecule has 11 rings (SSSR count). The van der Waals surface area contributed by atoms with Crippen molar-refractivity contribution in [1.29, 1.82) is 0 Å². The minimum absolute atomic E-state index is 0. The fourth-order valence-electron chi connectivity index (χ4n) is 10.3. The summed E-state index contributed by atoms with van der Waals surface area (Å²) in [6.07, 6.45) is 8.23. The number of fused-ring (bicyclic) bond motifs is 7. The van der Waals surface area contributed by atoms with Crippen LogP contribution in [0, 0.1) is 119 Å². The Hall–Kier alpha value is -6.25. The van der Waals surface area contributed by atoms with Crippen LogP contribution < -0.4 is 9.80 Å². The first-order valence-electron chi connectivity index (χ1n) is 27.0. The molecule has 0 N–H and O–H groups in total. The van der Waals surface area contributed by atoms with E-state index >= 15 is 0 Å². The maximum absolute atomic E-state index is 12.9. The van der Waals surface area contributed by atoms with Crippen LogP contribution in [0.15, 0.2) is 146 Å².